The zero-order valence-electron chi connectivity index (χ0n) is 14.1. The van der Waals surface area contributed by atoms with E-state index >= 15 is 0 Å². The third-order valence-corrected chi connectivity index (χ3v) is 3.47. The summed E-state index contributed by atoms with van der Waals surface area (Å²) in [5, 5.41) is 6.39. The van der Waals surface area contributed by atoms with Crippen molar-refractivity contribution in [3.8, 4) is 0 Å². The molecule has 118 valence electrons. The molecule has 0 atom stereocenters. The largest absolute Gasteiger partial charge is 0.350 e. The Morgan fingerprint density at radius 1 is 1.29 bits per heavy atom. The van der Waals surface area contributed by atoms with E-state index < -0.39 is 0 Å². The summed E-state index contributed by atoms with van der Waals surface area (Å²) in [5.41, 5.74) is 2.03. The fraction of sp³-hybridized carbons (Fsp3) is 0.750. The van der Waals surface area contributed by atoms with E-state index in [9.17, 15) is 4.79 Å². The van der Waals surface area contributed by atoms with Crippen molar-refractivity contribution in [2.24, 2.45) is 0 Å². The van der Waals surface area contributed by atoms with Crippen LogP contribution in [0.4, 0.5) is 0 Å². The van der Waals surface area contributed by atoms with Gasteiger partial charge in [0.05, 0.1) is 5.69 Å². The van der Waals surface area contributed by atoms with Crippen molar-refractivity contribution in [2.45, 2.75) is 72.0 Å². The second kappa shape index (κ2) is 5.44. The van der Waals surface area contributed by atoms with Crippen LogP contribution in [0.3, 0.4) is 0 Å². The zero-order chi connectivity index (χ0) is 15.8. The van der Waals surface area contributed by atoms with E-state index in [1.807, 2.05) is 20.8 Å². The van der Waals surface area contributed by atoms with Crippen molar-refractivity contribution >= 4 is 5.91 Å². The van der Waals surface area contributed by atoms with Crippen LogP contribution in [0.1, 0.15) is 58.8 Å². The molecule has 0 bridgehead atoms. The number of rotatable bonds is 2. The van der Waals surface area contributed by atoms with Crippen LogP contribution in [0.2, 0.25) is 0 Å². The average Bonchev–Trinajstić information content (AvgIpc) is 2.66. The first kappa shape index (κ1) is 16.0. The van der Waals surface area contributed by atoms with Crippen molar-refractivity contribution in [3.05, 3.63) is 17.2 Å². The van der Waals surface area contributed by atoms with Crippen molar-refractivity contribution in [2.75, 3.05) is 6.54 Å². The minimum absolute atomic E-state index is 0.0479. The lowest BCUT2D eigenvalue weighted by atomic mass is 9.95. The van der Waals surface area contributed by atoms with Crippen LogP contribution in [-0.2, 0) is 29.7 Å². The van der Waals surface area contributed by atoms with Gasteiger partial charge in [0, 0.05) is 36.2 Å². The average molecular weight is 292 g/mol. The van der Waals surface area contributed by atoms with Gasteiger partial charge in [0.15, 0.2) is 0 Å². The molecule has 1 aliphatic heterocycles. The van der Waals surface area contributed by atoms with E-state index in [0.29, 0.717) is 6.54 Å². The summed E-state index contributed by atoms with van der Waals surface area (Å²) in [4.78, 5) is 17.1. The zero-order valence-corrected chi connectivity index (χ0v) is 14.1. The number of fused-ring (bicyclic) bond motifs is 1. The Morgan fingerprint density at radius 3 is 2.52 bits per heavy atom. The Hall–Kier alpha value is -1.36. The van der Waals surface area contributed by atoms with Gasteiger partial charge in [0.1, 0.15) is 12.4 Å². The molecular formula is C16H28N4O. The summed E-state index contributed by atoms with van der Waals surface area (Å²) >= 11 is 0. The van der Waals surface area contributed by atoms with Crippen LogP contribution in [0, 0.1) is 0 Å². The molecule has 0 radical (unpaired) electrons. The van der Waals surface area contributed by atoms with Gasteiger partial charge in [-0.3, -0.25) is 4.79 Å². The molecule has 2 heterocycles. The molecule has 5 nitrogen and oxygen atoms in total. The highest BCUT2D eigenvalue weighted by Crippen LogP contribution is 2.26. The predicted octanol–water partition coefficient (Wildman–Crippen LogP) is 1.74. The summed E-state index contributed by atoms with van der Waals surface area (Å²) in [7, 11) is 0. The second-order valence-electron chi connectivity index (χ2n) is 7.89. The Labute approximate surface area is 127 Å². The lowest BCUT2D eigenvalue weighted by Crippen LogP contribution is -2.43. The molecule has 0 aromatic carbocycles. The van der Waals surface area contributed by atoms with Gasteiger partial charge in [-0.05, 0) is 20.8 Å². The first-order valence-corrected chi connectivity index (χ1v) is 7.68. The predicted molar refractivity (Wildman–Crippen MR) is 84.2 cm³/mol. The SMILES string of the molecule is CC(C)(C)NC(=O)Cn1c(C(C)(C)C)nc2c1CCNC2. The summed E-state index contributed by atoms with van der Waals surface area (Å²) in [6.07, 6.45) is 0.932. The maximum atomic E-state index is 12.3. The fourth-order valence-corrected chi connectivity index (χ4v) is 2.72. The molecule has 21 heavy (non-hydrogen) atoms. The van der Waals surface area contributed by atoms with Gasteiger partial charge in [0.2, 0.25) is 5.91 Å². The number of nitrogens with one attached hydrogen (secondary N) is 2. The first-order chi connectivity index (χ1) is 9.58. The topological polar surface area (TPSA) is 59.0 Å². The van der Waals surface area contributed by atoms with Crippen LogP contribution >= 0.6 is 0 Å². The van der Waals surface area contributed by atoms with Gasteiger partial charge < -0.3 is 15.2 Å². The van der Waals surface area contributed by atoms with E-state index in [1.54, 1.807) is 0 Å². The highest BCUT2D eigenvalue weighted by atomic mass is 16.2. The molecule has 0 unspecified atom stereocenters. The van der Waals surface area contributed by atoms with Crippen molar-refractivity contribution < 1.29 is 4.79 Å². The molecule has 2 N–H and O–H groups in total. The minimum Gasteiger partial charge on any atom is -0.350 e. The van der Waals surface area contributed by atoms with Crippen LogP contribution in [0.25, 0.3) is 0 Å². The van der Waals surface area contributed by atoms with Gasteiger partial charge in [0.25, 0.3) is 0 Å². The smallest absolute Gasteiger partial charge is 0.240 e. The summed E-state index contributed by atoms with van der Waals surface area (Å²) in [6, 6.07) is 0. The molecular weight excluding hydrogens is 264 g/mol. The molecule has 5 heteroatoms. The van der Waals surface area contributed by atoms with Crippen molar-refractivity contribution in [1.29, 1.82) is 0 Å². The van der Waals surface area contributed by atoms with Crippen LogP contribution in [-0.4, -0.2) is 27.5 Å². The van der Waals surface area contributed by atoms with E-state index in [1.165, 1.54) is 5.69 Å². The highest BCUT2D eigenvalue weighted by Gasteiger charge is 2.28. The summed E-state index contributed by atoms with van der Waals surface area (Å²) in [6.45, 7) is 14.5. The number of carbonyl (C=O) groups excluding carboxylic acids is 1. The third kappa shape index (κ3) is 3.84. The second-order valence-corrected chi connectivity index (χ2v) is 7.89. The number of hydrogen-bond acceptors (Lipinski definition) is 3. The lowest BCUT2D eigenvalue weighted by Gasteiger charge is -2.24. The normalized spacial score (nSPS) is 15.7. The molecule has 1 aromatic heterocycles. The number of hydrogen-bond donors (Lipinski definition) is 2. The maximum Gasteiger partial charge on any atom is 0.240 e. The van der Waals surface area contributed by atoms with Crippen molar-refractivity contribution in [3.63, 3.8) is 0 Å². The van der Waals surface area contributed by atoms with E-state index in [0.717, 1.165) is 31.0 Å². The summed E-state index contributed by atoms with van der Waals surface area (Å²) < 4.78 is 2.12. The molecule has 1 amide bonds. The fourth-order valence-electron chi connectivity index (χ4n) is 2.72. The van der Waals surface area contributed by atoms with E-state index in [2.05, 4.69) is 36.0 Å². The lowest BCUT2D eigenvalue weighted by molar-refractivity contribution is -0.123. The van der Waals surface area contributed by atoms with Crippen molar-refractivity contribution in [1.82, 2.24) is 20.2 Å². The minimum atomic E-state index is -0.207. The monoisotopic (exact) mass is 292 g/mol. The first-order valence-electron chi connectivity index (χ1n) is 7.68. The standard InChI is InChI=1S/C16H28N4O/c1-15(2,3)14-18-11-9-17-8-7-12(11)20(14)10-13(21)19-16(4,5)6/h17H,7-10H2,1-6H3,(H,19,21). The third-order valence-electron chi connectivity index (χ3n) is 3.47. The van der Waals surface area contributed by atoms with Crippen LogP contribution in [0.15, 0.2) is 0 Å². The molecule has 0 aliphatic carbocycles. The maximum absolute atomic E-state index is 12.3. The van der Waals surface area contributed by atoms with E-state index in [-0.39, 0.29) is 16.9 Å². The van der Waals surface area contributed by atoms with Gasteiger partial charge >= 0.3 is 0 Å². The van der Waals surface area contributed by atoms with Gasteiger partial charge in [-0.25, -0.2) is 4.98 Å². The molecule has 1 aliphatic rings. The Morgan fingerprint density at radius 2 is 1.95 bits per heavy atom. The molecule has 0 saturated heterocycles. The number of carbonyl (C=O) groups is 1. The highest BCUT2D eigenvalue weighted by molar-refractivity contribution is 5.76. The number of amides is 1. The summed E-state index contributed by atoms with van der Waals surface area (Å²) in [5.74, 6) is 1.05. The quantitative estimate of drug-likeness (QED) is 0.873. The molecule has 1 aromatic rings. The molecule has 0 spiro atoms. The number of imidazole rings is 1. The van der Waals surface area contributed by atoms with Gasteiger partial charge in [-0.15, -0.1) is 0 Å². The Balaban J connectivity index is 2.33. The van der Waals surface area contributed by atoms with Gasteiger partial charge in [-0.2, -0.15) is 0 Å². The molecule has 0 fully saturated rings. The number of aromatic nitrogens is 2. The number of nitrogens with zero attached hydrogens (tertiary/aromatic N) is 2. The van der Waals surface area contributed by atoms with E-state index in [4.69, 9.17) is 4.98 Å². The molecule has 0 saturated carbocycles. The Kier molecular flexibility index (Phi) is 4.15. The van der Waals surface area contributed by atoms with Crippen LogP contribution < -0.4 is 10.6 Å². The van der Waals surface area contributed by atoms with Gasteiger partial charge in [-0.1, -0.05) is 20.8 Å². The Bertz CT molecular complexity index is 532. The van der Waals surface area contributed by atoms with Crippen LogP contribution in [0.5, 0.6) is 0 Å². The molecule has 2 rings (SSSR count).